The number of ether oxygens (including phenoxy) is 1. The summed E-state index contributed by atoms with van der Waals surface area (Å²) >= 11 is 12.8. The number of nitrogens with zero attached hydrogens (tertiary/aromatic N) is 1. The van der Waals surface area contributed by atoms with E-state index in [1.807, 2.05) is 66.7 Å². The van der Waals surface area contributed by atoms with Gasteiger partial charge in [0.15, 0.2) is 23.1 Å². The molecular weight excluding hydrogens is 673 g/mol. The van der Waals surface area contributed by atoms with Crippen LogP contribution >= 0.6 is 23.2 Å². The molecule has 1 N–H and O–H groups in total. The number of anilines is 1. The number of aromatic hydroxyl groups is 1. The number of amides is 2. The molecule has 6 atom stereocenters. The summed E-state index contributed by atoms with van der Waals surface area (Å²) in [6, 6.07) is 28.2. The van der Waals surface area contributed by atoms with E-state index in [0.717, 1.165) is 5.57 Å². The van der Waals surface area contributed by atoms with Gasteiger partial charge in [-0.25, -0.2) is 0 Å². The third-order valence-corrected chi connectivity index (χ3v) is 11.6. The number of carbonyl (C=O) groups is 4. The predicted molar refractivity (Wildman–Crippen MR) is 190 cm³/mol. The van der Waals surface area contributed by atoms with Crippen LogP contribution in [-0.2, 0) is 24.6 Å². The van der Waals surface area contributed by atoms with Crippen molar-refractivity contribution in [2.24, 2.45) is 23.7 Å². The Morgan fingerprint density at radius 3 is 2.20 bits per heavy atom. The number of rotatable bonds is 5. The molecule has 8 rings (SSSR count). The van der Waals surface area contributed by atoms with Crippen LogP contribution in [0.4, 0.5) is 5.69 Å². The number of halogens is 2. The van der Waals surface area contributed by atoms with Crippen LogP contribution in [-0.4, -0.2) is 35.6 Å². The molecule has 4 aliphatic rings. The van der Waals surface area contributed by atoms with Crippen molar-refractivity contribution < 1.29 is 29.0 Å². The van der Waals surface area contributed by atoms with Gasteiger partial charge >= 0.3 is 0 Å². The molecule has 3 aliphatic carbocycles. The van der Waals surface area contributed by atoms with Crippen molar-refractivity contribution in [3.63, 3.8) is 0 Å². The summed E-state index contributed by atoms with van der Waals surface area (Å²) in [7, 11) is 1.41. The number of methoxy groups -OCH3 is 1. The number of hydrogen-bond acceptors (Lipinski definition) is 6. The Hall–Kier alpha value is -4.98. The van der Waals surface area contributed by atoms with E-state index in [0.29, 0.717) is 33.0 Å². The van der Waals surface area contributed by atoms with Crippen LogP contribution in [0.2, 0.25) is 10.0 Å². The zero-order valence-electron chi connectivity index (χ0n) is 26.9. The first-order chi connectivity index (χ1) is 24.2. The summed E-state index contributed by atoms with van der Waals surface area (Å²) in [6.45, 7) is 0. The van der Waals surface area contributed by atoms with E-state index in [-0.39, 0.29) is 52.7 Å². The lowest BCUT2D eigenvalue weighted by Gasteiger charge is -2.55. The molecule has 0 unspecified atom stereocenters. The Kier molecular flexibility index (Phi) is 7.81. The summed E-state index contributed by atoms with van der Waals surface area (Å²) in [5.41, 5.74) is 1.92. The Morgan fingerprint density at radius 1 is 0.840 bits per heavy atom. The number of benzene rings is 4. The normalized spacial score (nSPS) is 27.3. The quantitative estimate of drug-likeness (QED) is 0.169. The number of allylic oxidation sites excluding steroid dienone is 4. The van der Waals surface area contributed by atoms with E-state index in [1.165, 1.54) is 18.1 Å². The van der Waals surface area contributed by atoms with Crippen molar-refractivity contribution in [2.75, 3.05) is 12.0 Å². The van der Waals surface area contributed by atoms with E-state index in [9.17, 15) is 14.7 Å². The Bertz CT molecular complexity index is 2140. The van der Waals surface area contributed by atoms with Gasteiger partial charge in [-0.3, -0.25) is 24.1 Å². The molecule has 1 saturated carbocycles. The van der Waals surface area contributed by atoms with Crippen LogP contribution in [0.25, 0.3) is 5.57 Å². The SMILES string of the molecule is COc1cc([C@H]2C3=CC[C@@H]4C(=O)N(c5ccc(Cl)cc5)C(=O)[C@@H]4[C@@H]3C[C@H]3C(=O)C(c4ccccc4)=CC(=O)[C@@]23c2ccccc2)cc(Cl)c1O. The number of hydrogen-bond donors (Lipinski definition) is 1. The fourth-order valence-electron chi connectivity index (χ4n) is 9.01. The smallest absolute Gasteiger partial charge is 0.238 e. The highest BCUT2D eigenvalue weighted by molar-refractivity contribution is 6.33. The summed E-state index contributed by atoms with van der Waals surface area (Å²) < 4.78 is 5.53. The van der Waals surface area contributed by atoms with Crippen LogP contribution in [0.5, 0.6) is 11.5 Å². The minimum absolute atomic E-state index is 0.0201. The first-order valence-electron chi connectivity index (χ1n) is 16.5. The number of Topliss-reactive ketones (excluding diaryl/α,β-unsaturated/α-hetero) is 1. The zero-order valence-corrected chi connectivity index (χ0v) is 28.4. The van der Waals surface area contributed by atoms with Crippen LogP contribution in [0, 0.1) is 23.7 Å². The second-order valence-corrected chi connectivity index (χ2v) is 14.2. The molecule has 0 radical (unpaired) electrons. The number of imide groups is 1. The molecule has 2 amide bonds. The van der Waals surface area contributed by atoms with E-state index in [1.54, 1.807) is 36.4 Å². The van der Waals surface area contributed by atoms with Gasteiger partial charge in [0, 0.05) is 22.4 Å². The van der Waals surface area contributed by atoms with Crippen molar-refractivity contribution >= 4 is 57.8 Å². The van der Waals surface area contributed by atoms with Gasteiger partial charge < -0.3 is 9.84 Å². The first kappa shape index (κ1) is 32.2. The topological polar surface area (TPSA) is 101 Å². The van der Waals surface area contributed by atoms with Crippen LogP contribution in [0.3, 0.4) is 0 Å². The first-order valence-corrected chi connectivity index (χ1v) is 17.2. The van der Waals surface area contributed by atoms with Gasteiger partial charge in [-0.2, -0.15) is 0 Å². The molecule has 7 nitrogen and oxygen atoms in total. The van der Waals surface area contributed by atoms with Crippen LogP contribution < -0.4 is 9.64 Å². The minimum Gasteiger partial charge on any atom is -0.503 e. The monoisotopic (exact) mass is 703 g/mol. The average molecular weight is 705 g/mol. The summed E-state index contributed by atoms with van der Waals surface area (Å²) in [5.74, 6) is -4.93. The summed E-state index contributed by atoms with van der Waals surface area (Å²) in [6.07, 6.45) is 3.89. The summed E-state index contributed by atoms with van der Waals surface area (Å²) in [5, 5.41) is 11.3. The summed E-state index contributed by atoms with van der Waals surface area (Å²) in [4.78, 5) is 59.9. The van der Waals surface area contributed by atoms with E-state index < -0.39 is 35.0 Å². The molecule has 250 valence electrons. The van der Waals surface area contributed by atoms with Crippen molar-refractivity contribution in [2.45, 2.75) is 24.2 Å². The van der Waals surface area contributed by atoms with E-state index in [4.69, 9.17) is 27.9 Å². The van der Waals surface area contributed by atoms with Gasteiger partial charge in [0.25, 0.3) is 0 Å². The van der Waals surface area contributed by atoms with Gasteiger partial charge in [-0.05, 0) is 77.9 Å². The van der Waals surface area contributed by atoms with Gasteiger partial charge in [0.2, 0.25) is 11.8 Å². The van der Waals surface area contributed by atoms with Crippen molar-refractivity contribution in [3.05, 3.63) is 142 Å². The zero-order chi connectivity index (χ0) is 34.9. The highest BCUT2D eigenvalue weighted by atomic mass is 35.5. The third-order valence-electron chi connectivity index (χ3n) is 11.1. The molecular formula is C41H31Cl2NO6. The number of ketones is 2. The molecule has 0 bridgehead atoms. The highest BCUT2D eigenvalue weighted by Gasteiger charge is 2.66. The van der Waals surface area contributed by atoms with E-state index in [2.05, 4.69) is 0 Å². The molecule has 1 aliphatic heterocycles. The van der Waals surface area contributed by atoms with Gasteiger partial charge in [0.1, 0.15) is 0 Å². The molecule has 2 fully saturated rings. The number of carbonyl (C=O) groups excluding carboxylic acids is 4. The standard InChI is InChI=1S/C41H31Cl2NO6/c1-50-33-19-23(18-32(43)38(33)47)36-27-16-17-28-35(40(49)44(39(28)48)26-14-12-25(42)13-15-26)30(27)20-31-37(46)29(22-8-4-2-5-9-22)21-34(45)41(31,36)24-10-6-3-7-11-24/h2-16,18-19,21,28,30-31,35-36,47H,17,20H2,1H3/t28-,30+,31-,35-,36-,41-/m0/s1. The molecule has 0 spiro atoms. The van der Waals surface area contributed by atoms with Crippen molar-refractivity contribution in [1.29, 1.82) is 0 Å². The van der Waals surface area contributed by atoms with Crippen LogP contribution in [0.1, 0.15) is 35.4 Å². The van der Waals surface area contributed by atoms with Crippen LogP contribution in [0.15, 0.2) is 115 Å². The lowest BCUT2D eigenvalue weighted by Crippen LogP contribution is -2.58. The van der Waals surface area contributed by atoms with Crippen molar-refractivity contribution in [3.8, 4) is 11.5 Å². The fraction of sp³-hybridized carbons (Fsp3) is 0.220. The Morgan fingerprint density at radius 2 is 1.52 bits per heavy atom. The largest absolute Gasteiger partial charge is 0.503 e. The third kappa shape index (κ3) is 4.63. The van der Waals surface area contributed by atoms with Gasteiger partial charge in [-0.15, -0.1) is 0 Å². The number of phenolic OH excluding ortho intramolecular Hbond substituents is 1. The highest BCUT2D eigenvalue weighted by Crippen LogP contribution is 2.64. The lowest BCUT2D eigenvalue weighted by atomic mass is 9.44. The lowest BCUT2D eigenvalue weighted by molar-refractivity contribution is -0.135. The molecule has 9 heteroatoms. The molecule has 50 heavy (non-hydrogen) atoms. The Balaban J connectivity index is 1.38. The fourth-order valence-corrected chi connectivity index (χ4v) is 9.36. The molecule has 4 aromatic rings. The number of phenols is 1. The maximum atomic E-state index is 15.1. The van der Waals surface area contributed by atoms with E-state index >= 15 is 9.59 Å². The second-order valence-electron chi connectivity index (χ2n) is 13.3. The minimum atomic E-state index is -1.43. The molecule has 0 aromatic heterocycles. The molecule has 1 saturated heterocycles. The van der Waals surface area contributed by atoms with Gasteiger partial charge in [0.05, 0.1) is 35.1 Å². The van der Waals surface area contributed by atoms with Crippen molar-refractivity contribution in [1.82, 2.24) is 0 Å². The second kappa shape index (κ2) is 12.1. The Labute approximate surface area is 298 Å². The maximum absolute atomic E-state index is 15.1. The molecule has 4 aromatic carbocycles. The molecule has 1 heterocycles. The maximum Gasteiger partial charge on any atom is 0.238 e. The predicted octanol–water partition coefficient (Wildman–Crippen LogP) is 7.74. The van der Waals surface area contributed by atoms with Gasteiger partial charge in [-0.1, -0.05) is 95.5 Å². The number of fused-ring (bicyclic) bond motifs is 4. The average Bonchev–Trinajstić information content (AvgIpc) is 3.40.